The largest absolute Gasteiger partial charge is 0.491 e. The Morgan fingerprint density at radius 2 is 2.17 bits per heavy atom. The molecule has 98 valence electrons. The molecule has 1 aromatic rings. The number of nitro groups is 1. The Morgan fingerprint density at radius 1 is 1.50 bits per heavy atom. The van der Waals surface area contributed by atoms with Gasteiger partial charge in [0, 0.05) is 12.6 Å². The lowest BCUT2D eigenvalue weighted by molar-refractivity contribution is -0.384. The fraction of sp³-hybridized carbons (Fsp3) is 0.364. The first-order chi connectivity index (χ1) is 8.41. The molecule has 0 spiro atoms. The Hall–Kier alpha value is -2.15. The molecule has 7 heteroatoms. The maximum absolute atomic E-state index is 10.9. The molecule has 1 N–H and O–H groups in total. The van der Waals surface area contributed by atoms with Crippen LogP contribution in [-0.2, 0) is 0 Å². The first-order valence-electron chi connectivity index (χ1n) is 5.21. The number of benzene rings is 1. The second-order valence-corrected chi connectivity index (χ2v) is 3.89. The summed E-state index contributed by atoms with van der Waals surface area (Å²) in [7, 11) is 3.68. The zero-order chi connectivity index (χ0) is 13.7. The van der Waals surface area contributed by atoms with Crippen molar-refractivity contribution in [2.45, 2.75) is 0 Å². The summed E-state index contributed by atoms with van der Waals surface area (Å²) in [4.78, 5) is 22.8. The molecule has 0 saturated carbocycles. The minimum atomic E-state index is -1.18. The van der Waals surface area contributed by atoms with Crippen LogP contribution >= 0.6 is 0 Å². The Kier molecular flexibility index (Phi) is 4.61. The van der Waals surface area contributed by atoms with Gasteiger partial charge in [-0.25, -0.2) is 4.79 Å². The van der Waals surface area contributed by atoms with Crippen molar-refractivity contribution in [1.82, 2.24) is 4.90 Å². The fourth-order valence-electron chi connectivity index (χ4n) is 1.26. The van der Waals surface area contributed by atoms with E-state index in [2.05, 4.69) is 0 Å². The van der Waals surface area contributed by atoms with Gasteiger partial charge in [0.2, 0.25) is 0 Å². The van der Waals surface area contributed by atoms with Crippen molar-refractivity contribution in [3.05, 3.63) is 33.9 Å². The van der Waals surface area contributed by atoms with Crippen LogP contribution in [0.3, 0.4) is 0 Å². The molecular formula is C11H14N2O5. The minimum Gasteiger partial charge on any atom is -0.491 e. The molecule has 0 fully saturated rings. The topological polar surface area (TPSA) is 92.9 Å². The molecule has 1 aromatic carbocycles. The molecule has 7 nitrogen and oxygen atoms in total. The smallest absolute Gasteiger partial charge is 0.339 e. The predicted molar refractivity (Wildman–Crippen MR) is 64.1 cm³/mol. The molecule has 0 saturated heterocycles. The van der Waals surface area contributed by atoms with E-state index in [1.54, 1.807) is 0 Å². The molecule has 0 aliphatic carbocycles. The average Bonchev–Trinajstić information content (AvgIpc) is 2.27. The first-order valence-corrected chi connectivity index (χ1v) is 5.21. The fourth-order valence-corrected chi connectivity index (χ4v) is 1.26. The summed E-state index contributed by atoms with van der Waals surface area (Å²) in [5.74, 6) is -1.16. The van der Waals surface area contributed by atoms with E-state index >= 15 is 0 Å². The number of nitrogens with zero attached hydrogens (tertiary/aromatic N) is 2. The van der Waals surface area contributed by atoms with Crippen molar-refractivity contribution in [3.63, 3.8) is 0 Å². The molecule has 0 unspecified atom stereocenters. The molecule has 0 aromatic heterocycles. The van der Waals surface area contributed by atoms with Crippen LogP contribution in [0.15, 0.2) is 18.2 Å². The number of nitro benzene ring substituents is 1. The van der Waals surface area contributed by atoms with Crippen molar-refractivity contribution in [2.75, 3.05) is 27.2 Å². The van der Waals surface area contributed by atoms with Gasteiger partial charge in [-0.15, -0.1) is 0 Å². The van der Waals surface area contributed by atoms with Gasteiger partial charge in [-0.2, -0.15) is 0 Å². The predicted octanol–water partition coefficient (Wildman–Crippen LogP) is 1.23. The SMILES string of the molecule is CN(C)CCOc1cc([N+](=O)[O-])ccc1C(=O)O. The number of rotatable bonds is 6. The van der Waals surface area contributed by atoms with Gasteiger partial charge in [-0.05, 0) is 20.2 Å². The summed E-state index contributed by atoms with van der Waals surface area (Å²) in [6, 6.07) is 3.44. The number of hydrogen-bond acceptors (Lipinski definition) is 5. The summed E-state index contributed by atoms with van der Waals surface area (Å²) in [5.41, 5.74) is -0.279. The van der Waals surface area contributed by atoms with E-state index in [-0.39, 0.29) is 23.6 Å². The third kappa shape index (κ3) is 3.70. The molecule has 0 heterocycles. The first kappa shape index (κ1) is 13.9. The number of ether oxygens (including phenoxy) is 1. The zero-order valence-corrected chi connectivity index (χ0v) is 10.1. The summed E-state index contributed by atoms with van der Waals surface area (Å²) >= 11 is 0. The highest BCUT2D eigenvalue weighted by Crippen LogP contribution is 2.24. The number of non-ortho nitro benzene ring substituents is 1. The van der Waals surface area contributed by atoms with Crippen molar-refractivity contribution >= 4 is 11.7 Å². The number of likely N-dealkylation sites (N-methyl/N-ethyl adjacent to an activating group) is 1. The zero-order valence-electron chi connectivity index (χ0n) is 10.1. The summed E-state index contributed by atoms with van der Waals surface area (Å²) in [5, 5.41) is 19.6. The molecule has 0 aliphatic heterocycles. The van der Waals surface area contributed by atoms with Crippen LogP contribution in [0.2, 0.25) is 0 Å². The molecule has 1 rings (SSSR count). The van der Waals surface area contributed by atoms with Crippen LogP contribution < -0.4 is 4.74 Å². The van der Waals surface area contributed by atoms with Crippen LogP contribution in [0.25, 0.3) is 0 Å². The van der Waals surface area contributed by atoms with E-state index < -0.39 is 10.9 Å². The Bertz CT molecular complexity index is 459. The van der Waals surface area contributed by atoms with E-state index in [1.807, 2.05) is 19.0 Å². The molecule has 0 atom stereocenters. The Labute approximate surface area is 104 Å². The van der Waals surface area contributed by atoms with Gasteiger partial charge in [0.05, 0.1) is 11.0 Å². The van der Waals surface area contributed by atoms with Gasteiger partial charge in [-0.3, -0.25) is 10.1 Å². The summed E-state index contributed by atoms with van der Waals surface area (Å²) < 4.78 is 5.27. The van der Waals surface area contributed by atoms with Crippen LogP contribution in [0, 0.1) is 10.1 Å². The number of carbonyl (C=O) groups is 1. The molecule has 0 aliphatic rings. The lowest BCUT2D eigenvalue weighted by Gasteiger charge is -2.12. The van der Waals surface area contributed by atoms with Crippen molar-refractivity contribution in [2.24, 2.45) is 0 Å². The van der Waals surface area contributed by atoms with Crippen molar-refractivity contribution in [1.29, 1.82) is 0 Å². The van der Waals surface area contributed by atoms with E-state index in [4.69, 9.17) is 9.84 Å². The van der Waals surface area contributed by atoms with E-state index in [9.17, 15) is 14.9 Å². The van der Waals surface area contributed by atoms with Gasteiger partial charge in [0.25, 0.3) is 5.69 Å². The number of carboxylic acids is 1. The summed E-state index contributed by atoms with van der Waals surface area (Å²) in [6.45, 7) is 0.843. The van der Waals surface area contributed by atoms with Gasteiger partial charge >= 0.3 is 5.97 Å². The average molecular weight is 254 g/mol. The van der Waals surface area contributed by atoms with Crippen LogP contribution in [-0.4, -0.2) is 48.1 Å². The van der Waals surface area contributed by atoms with E-state index in [0.29, 0.717) is 6.54 Å². The van der Waals surface area contributed by atoms with Crippen LogP contribution in [0.5, 0.6) is 5.75 Å². The molecule has 0 amide bonds. The minimum absolute atomic E-state index is 0.0125. The molecular weight excluding hydrogens is 240 g/mol. The third-order valence-electron chi connectivity index (χ3n) is 2.20. The lowest BCUT2D eigenvalue weighted by Crippen LogP contribution is -2.20. The van der Waals surface area contributed by atoms with Crippen LogP contribution in [0.4, 0.5) is 5.69 Å². The maximum atomic E-state index is 10.9. The lowest BCUT2D eigenvalue weighted by atomic mass is 10.2. The van der Waals surface area contributed by atoms with Crippen molar-refractivity contribution in [3.8, 4) is 5.75 Å². The highest BCUT2D eigenvalue weighted by atomic mass is 16.6. The highest BCUT2D eigenvalue weighted by Gasteiger charge is 2.16. The summed E-state index contributed by atoms with van der Waals surface area (Å²) in [6.07, 6.45) is 0. The Morgan fingerprint density at radius 3 is 2.67 bits per heavy atom. The quantitative estimate of drug-likeness (QED) is 0.606. The highest BCUT2D eigenvalue weighted by molar-refractivity contribution is 5.91. The van der Waals surface area contributed by atoms with Gasteiger partial charge < -0.3 is 14.7 Å². The maximum Gasteiger partial charge on any atom is 0.339 e. The third-order valence-corrected chi connectivity index (χ3v) is 2.20. The standard InChI is InChI=1S/C11H14N2O5/c1-12(2)5-6-18-10-7-8(13(16)17)3-4-9(10)11(14)15/h3-4,7H,5-6H2,1-2H3,(H,14,15). The Balaban J connectivity index is 2.93. The molecule has 0 bridgehead atoms. The van der Waals surface area contributed by atoms with Crippen molar-refractivity contribution < 1.29 is 19.6 Å². The monoisotopic (exact) mass is 254 g/mol. The number of aromatic carboxylic acids is 1. The van der Waals surface area contributed by atoms with E-state index in [1.165, 1.54) is 6.07 Å². The molecule has 0 radical (unpaired) electrons. The van der Waals surface area contributed by atoms with Crippen LogP contribution in [0.1, 0.15) is 10.4 Å². The van der Waals surface area contributed by atoms with Gasteiger partial charge in [-0.1, -0.05) is 0 Å². The number of carboxylic acid groups (broad SMARTS) is 1. The molecule has 18 heavy (non-hydrogen) atoms. The van der Waals surface area contributed by atoms with Gasteiger partial charge in [0.1, 0.15) is 17.9 Å². The van der Waals surface area contributed by atoms with E-state index in [0.717, 1.165) is 12.1 Å². The second kappa shape index (κ2) is 5.97. The van der Waals surface area contributed by atoms with Gasteiger partial charge in [0.15, 0.2) is 0 Å². The number of hydrogen-bond donors (Lipinski definition) is 1. The normalized spacial score (nSPS) is 10.4. The second-order valence-electron chi connectivity index (χ2n) is 3.89.